The zero-order chi connectivity index (χ0) is 25.1. The van der Waals surface area contributed by atoms with Crippen LogP contribution in [0.1, 0.15) is 42.4 Å². The number of fused-ring (bicyclic) bond motifs is 3. The van der Waals surface area contributed by atoms with Gasteiger partial charge in [0.1, 0.15) is 41.6 Å². The van der Waals surface area contributed by atoms with Gasteiger partial charge >= 0.3 is 0 Å². The highest BCUT2D eigenvalue weighted by atomic mass is 32.1. The highest BCUT2D eigenvalue weighted by Crippen LogP contribution is 2.44. The highest BCUT2D eigenvalue weighted by molar-refractivity contribution is 7.08. The van der Waals surface area contributed by atoms with Gasteiger partial charge in [0.15, 0.2) is 5.69 Å². The van der Waals surface area contributed by atoms with Gasteiger partial charge in [0.25, 0.3) is 5.91 Å². The molecule has 11 heteroatoms. The Morgan fingerprint density at radius 3 is 2.66 bits per heavy atom. The van der Waals surface area contributed by atoms with Gasteiger partial charge in [0.2, 0.25) is 0 Å². The Morgan fingerprint density at radius 2 is 2.09 bits per heavy atom. The van der Waals surface area contributed by atoms with E-state index in [1.54, 1.807) is 17.4 Å². The molecule has 5 rings (SSSR count). The molecule has 7 nitrogen and oxygen atoms in total. The molecule has 0 bridgehead atoms. The third-order valence-corrected chi connectivity index (χ3v) is 7.28. The van der Waals surface area contributed by atoms with E-state index in [4.69, 9.17) is 14.6 Å². The van der Waals surface area contributed by atoms with Gasteiger partial charge in [0, 0.05) is 22.6 Å². The number of thiophene rings is 1. The van der Waals surface area contributed by atoms with Crippen LogP contribution in [0.2, 0.25) is 0 Å². The second-order valence-corrected chi connectivity index (χ2v) is 12.0. The number of amides is 1. The first kappa shape index (κ1) is 24.1. The maximum Gasteiger partial charge on any atom is 0.273 e. The number of carbonyl (C=O) groups is 1. The number of phenolic OH excluding ortho intramolecular Hbond substituents is 1. The Kier molecular flexibility index (Phi) is 5.83. The summed E-state index contributed by atoms with van der Waals surface area (Å²) in [6.45, 7) is 7.52. The van der Waals surface area contributed by atoms with Crippen LogP contribution in [-0.2, 0) is 17.8 Å². The van der Waals surface area contributed by atoms with Crippen LogP contribution in [0.25, 0.3) is 16.9 Å². The van der Waals surface area contributed by atoms with Crippen molar-refractivity contribution >= 4 is 40.8 Å². The van der Waals surface area contributed by atoms with Gasteiger partial charge in [-0.2, -0.15) is 16.4 Å². The molecule has 2 aliphatic heterocycles. The average molecular weight is 489 g/mol. The molecule has 1 saturated heterocycles. The predicted octanol–water partition coefficient (Wildman–Crippen LogP) is 1.14. The number of rotatable bonds is 6. The summed E-state index contributed by atoms with van der Waals surface area (Å²) in [5, 5.41) is 19.1. The zero-order valence-corrected chi connectivity index (χ0v) is 22.0. The van der Waals surface area contributed by atoms with Crippen LogP contribution in [0, 0.1) is 5.92 Å². The molecule has 0 radical (unpaired) electrons. The first-order valence-corrected chi connectivity index (χ1v) is 13.0. The van der Waals surface area contributed by atoms with Crippen molar-refractivity contribution in [3.8, 4) is 28.4 Å². The lowest BCUT2D eigenvalue weighted by Gasteiger charge is -2.53. The molecular weight excluding hydrogens is 459 g/mol. The van der Waals surface area contributed by atoms with Gasteiger partial charge < -0.3 is 19.5 Å². The normalized spacial score (nSPS) is 16.2. The fraction of sp³-hybridized carbons (Fsp3) is 0.417. The summed E-state index contributed by atoms with van der Waals surface area (Å²) in [6, 6.07) is 5.68. The molecule has 1 aromatic carbocycles. The maximum absolute atomic E-state index is 14.2. The lowest BCUT2D eigenvalue weighted by molar-refractivity contribution is -0.117. The van der Waals surface area contributed by atoms with Crippen LogP contribution < -0.4 is 4.74 Å². The van der Waals surface area contributed by atoms with Crippen LogP contribution in [0.15, 0.2) is 29.0 Å². The lowest BCUT2D eigenvalue weighted by atomic mass is 9.47. The van der Waals surface area contributed by atoms with Crippen molar-refractivity contribution in [1.29, 1.82) is 0 Å². The summed E-state index contributed by atoms with van der Waals surface area (Å²) >= 11 is 1.58. The molecule has 1 amide bonds. The van der Waals surface area contributed by atoms with Crippen molar-refractivity contribution in [2.45, 2.75) is 44.6 Å². The lowest BCUT2D eigenvalue weighted by Crippen LogP contribution is -2.70. The molecule has 1 N–H and O–H groups in total. The number of phenols is 1. The number of aromatic nitrogens is 2. The van der Waals surface area contributed by atoms with Gasteiger partial charge in [-0.05, 0) is 47.6 Å². The Labute approximate surface area is 212 Å². The number of ether oxygens (including phenoxy) is 2. The molecule has 2 aliphatic rings. The van der Waals surface area contributed by atoms with Crippen LogP contribution in [0.3, 0.4) is 0 Å². The van der Waals surface area contributed by atoms with Crippen LogP contribution in [0.5, 0.6) is 11.5 Å². The van der Waals surface area contributed by atoms with Crippen LogP contribution in [0.4, 0.5) is 0 Å². The van der Waals surface area contributed by atoms with Crippen molar-refractivity contribution in [1.82, 2.24) is 14.7 Å². The van der Waals surface area contributed by atoms with Crippen molar-refractivity contribution in [3.63, 3.8) is 0 Å². The molecule has 0 spiro atoms. The molecule has 3 aromatic rings. The smallest absolute Gasteiger partial charge is 0.273 e. The molecular formula is C24H30B3N3O4S. The SMILES string of the molecule is BC(B)(B)N(C(=O)c1nn(-c2ccsc2)c2c1COc1cc(O)c(CC(C)C)cc1-2)C1(C)COC1. The van der Waals surface area contributed by atoms with Crippen molar-refractivity contribution in [3.05, 3.63) is 45.8 Å². The summed E-state index contributed by atoms with van der Waals surface area (Å²) in [6.07, 6.45) is 0.739. The van der Waals surface area contributed by atoms with Gasteiger partial charge in [-0.25, -0.2) is 4.68 Å². The fourth-order valence-electron chi connectivity index (χ4n) is 5.26. The number of benzene rings is 1. The minimum Gasteiger partial charge on any atom is -0.508 e. The second kappa shape index (κ2) is 8.48. The van der Waals surface area contributed by atoms with Crippen molar-refractivity contribution in [2.75, 3.05) is 13.2 Å². The number of aromatic hydroxyl groups is 1. The quantitative estimate of drug-likeness (QED) is 0.526. The second-order valence-electron chi connectivity index (χ2n) is 11.2. The van der Waals surface area contributed by atoms with Gasteiger partial charge in [-0.15, -0.1) is 0 Å². The molecule has 1 fully saturated rings. The number of hydrogen-bond donors (Lipinski definition) is 1. The number of hydrogen-bond acceptors (Lipinski definition) is 6. The van der Waals surface area contributed by atoms with Crippen LogP contribution >= 0.6 is 11.3 Å². The van der Waals surface area contributed by atoms with E-state index in [-0.39, 0.29) is 18.3 Å². The standard InChI is InChI=1S/C24H30B3N3O4S/c1-13(2)6-14-7-16-19(8-18(14)31)34-9-17-20(28-29(21(16)17)15-4-5-35-10-15)22(32)30(24(25,26)27)23(3)11-33-12-23/h4-5,7-8,10,13,31H,6,9,11-12,25-27H2,1-3H3. The van der Waals surface area contributed by atoms with Crippen molar-refractivity contribution < 1.29 is 19.4 Å². The summed E-state index contributed by atoms with van der Waals surface area (Å²) < 4.78 is 13.5. The molecule has 0 aliphatic carbocycles. The van der Waals surface area contributed by atoms with E-state index in [9.17, 15) is 9.90 Å². The van der Waals surface area contributed by atoms with Gasteiger partial charge in [-0.3, -0.25) is 4.79 Å². The monoisotopic (exact) mass is 489 g/mol. The van der Waals surface area contributed by atoms with E-state index in [1.165, 1.54) is 0 Å². The van der Waals surface area contributed by atoms with Crippen LogP contribution in [-0.4, -0.2) is 73.2 Å². The predicted molar refractivity (Wildman–Crippen MR) is 145 cm³/mol. The maximum atomic E-state index is 14.2. The van der Waals surface area contributed by atoms with E-state index in [0.717, 1.165) is 34.5 Å². The average Bonchev–Trinajstić information content (AvgIpc) is 3.39. The first-order valence-electron chi connectivity index (χ1n) is 12.1. The molecule has 2 aromatic heterocycles. The zero-order valence-electron chi connectivity index (χ0n) is 21.2. The molecule has 4 heterocycles. The van der Waals surface area contributed by atoms with E-state index in [1.807, 2.05) is 56.0 Å². The summed E-state index contributed by atoms with van der Waals surface area (Å²) in [5.41, 5.74) is 4.23. The minimum absolute atomic E-state index is 0.123. The highest BCUT2D eigenvalue weighted by Gasteiger charge is 2.48. The number of nitrogens with zero attached hydrogens (tertiary/aromatic N) is 3. The van der Waals surface area contributed by atoms with Crippen molar-refractivity contribution in [2.24, 2.45) is 5.92 Å². The summed E-state index contributed by atoms with van der Waals surface area (Å²) in [4.78, 5) is 16.1. The molecule has 0 atom stereocenters. The molecule has 0 saturated carbocycles. The summed E-state index contributed by atoms with van der Waals surface area (Å²) in [5.74, 6) is 1.09. The third kappa shape index (κ3) is 4.08. The Bertz CT molecular complexity index is 1280. The fourth-order valence-corrected chi connectivity index (χ4v) is 5.88. The Balaban J connectivity index is 1.70. The van der Waals surface area contributed by atoms with E-state index < -0.39 is 10.8 Å². The van der Waals surface area contributed by atoms with E-state index >= 15 is 0 Å². The Hall–Kier alpha value is -2.65. The summed E-state index contributed by atoms with van der Waals surface area (Å²) in [7, 11) is 6.14. The molecule has 0 unspecified atom stereocenters. The number of carbonyl (C=O) groups excluding carboxylic acids is 1. The van der Waals surface area contributed by atoms with E-state index in [0.29, 0.717) is 30.6 Å². The first-order chi connectivity index (χ1) is 16.5. The van der Waals surface area contributed by atoms with Gasteiger partial charge in [-0.1, -0.05) is 13.8 Å². The molecule has 180 valence electrons. The third-order valence-electron chi connectivity index (χ3n) is 6.61. The minimum atomic E-state index is -0.418. The Morgan fingerprint density at radius 1 is 1.34 bits per heavy atom. The largest absolute Gasteiger partial charge is 0.508 e. The topological polar surface area (TPSA) is 76.8 Å². The van der Waals surface area contributed by atoms with E-state index in [2.05, 4.69) is 20.8 Å². The molecule has 35 heavy (non-hydrogen) atoms. The van der Waals surface area contributed by atoms with Gasteiger partial charge in [0.05, 0.1) is 30.1 Å².